The molecule has 3 nitrogen and oxygen atoms in total. The third-order valence-electron chi connectivity index (χ3n) is 4.30. The fraction of sp³-hybridized carbons (Fsp3) is 1.00. The van der Waals surface area contributed by atoms with Crippen molar-refractivity contribution in [2.45, 2.75) is 46.1 Å². The number of rotatable bonds is 9. The highest BCUT2D eigenvalue weighted by atomic mass is 15.2. The minimum atomic E-state index is 0.642. The Hall–Kier alpha value is -0.120. The van der Waals surface area contributed by atoms with E-state index in [1.165, 1.54) is 52.0 Å². The number of likely N-dealkylation sites (tertiary alicyclic amines) is 1. The van der Waals surface area contributed by atoms with Crippen molar-refractivity contribution in [1.82, 2.24) is 15.1 Å². The van der Waals surface area contributed by atoms with E-state index in [9.17, 15) is 0 Å². The zero-order valence-electron chi connectivity index (χ0n) is 12.9. The molecular formula is C15H33N3. The second-order valence-corrected chi connectivity index (χ2v) is 5.86. The van der Waals surface area contributed by atoms with Gasteiger partial charge in [-0.3, -0.25) is 0 Å². The quantitative estimate of drug-likeness (QED) is 0.680. The van der Waals surface area contributed by atoms with Crippen molar-refractivity contribution in [1.29, 1.82) is 0 Å². The van der Waals surface area contributed by atoms with Crippen LogP contribution in [0.3, 0.4) is 0 Å². The molecule has 0 aromatic heterocycles. The van der Waals surface area contributed by atoms with Gasteiger partial charge in [-0.2, -0.15) is 0 Å². The average Bonchev–Trinajstić information content (AvgIpc) is 2.88. The van der Waals surface area contributed by atoms with E-state index in [1.54, 1.807) is 0 Å². The van der Waals surface area contributed by atoms with Crippen molar-refractivity contribution < 1.29 is 0 Å². The Bertz CT molecular complexity index is 202. The lowest BCUT2D eigenvalue weighted by molar-refractivity contribution is 0.216. The van der Waals surface area contributed by atoms with Gasteiger partial charge in [0.25, 0.3) is 0 Å². The molecule has 108 valence electrons. The van der Waals surface area contributed by atoms with E-state index in [0.29, 0.717) is 6.04 Å². The molecule has 0 spiro atoms. The molecule has 0 aromatic rings. The zero-order valence-corrected chi connectivity index (χ0v) is 12.9. The molecule has 0 amide bonds. The summed E-state index contributed by atoms with van der Waals surface area (Å²) in [6, 6.07) is 0.642. The largest absolute Gasteiger partial charge is 0.313 e. The minimum absolute atomic E-state index is 0.642. The van der Waals surface area contributed by atoms with E-state index >= 15 is 0 Å². The molecule has 1 fully saturated rings. The highest BCUT2D eigenvalue weighted by molar-refractivity contribution is 4.76. The predicted octanol–water partition coefficient (Wildman–Crippen LogP) is 2.04. The normalized spacial score (nSPS) is 20.5. The SMILES string of the molecule is CCNC(CN(C)CCN1CCCC1)C(C)CC. The van der Waals surface area contributed by atoms with E-state index in [2.05, 4.69) is 42.9 Å². The van der Waals surface area contributed by atoms with Gasteiger partial charge >= 0.3 is 0 Å². The minimum Gasteiger partial charge on any atom is -0.313 e. The molecule has 2 unspecified atom stereocenters. The van der Waals surface area contributed by atoms with Crippen LogP contribution in [0.15, 0.2) is 0 Å². The highest BCUT2D eigenvalue weighted by Gasteiger charge is 2.17. The molecule has 1 aliphatic heterocycles. The summed E-state index contributed by atoms with van der Waals surface area (Å²) in [5.74, 6) is 0.763. The van der Waals surface area contributed by atoms with Crippen LogP contribution in [0.1, 0.15) is 40.0 Å². The van der Waals surface area contributed by atoms with E-state index in [-0.39, 0.29) is 0 Å². The van der Waals surface area contributed by atoms with Crippen LogP contribution in [0.5, 0.6) is 0 Å². The first kappa shape index (κ1) is 15.9. The maximum absolute atomic E-state index is 3.64. The number of nitrogens with zero attached hydrogens (tertiary/aromatic N) is 2. The predicted molar refractivity (Wildman–Crippen MR) is 80.1 cm³/mol. The van der Waals surface area contributed by atoms with Gasteiger partial charge in [0.2, 0.25) is 0 Å². The molecular weight excluding hydrogens is 222 g/mol. The topological polar surface area (TPSA) is 18.5 Å². The second-order valence-electron chi connectivity index (χ2n) is 5.86. The summed E-state index contributed by atoms with van der Waals surface area (Å²) in [4.78, 5) is 5.10. The van der Waals surface area contributed by atoms with Crippen molar-refractivity contribution in [3.05, 3.63) is 0 Å². The Morgan fingerprint density at radius 3 is 2.44 bits per heavy atom. The summed E-state index contributed by atoms with van der Waals surface area (Å²) in [6.07, 6.45) is 4.06. The first-order valence-corrected chi connectivity index (χ1v) is 7.81. The van der Waals surface area contributed by atoms with Crippen molar-refractivity contribution in [3.8, 4) is 0 Å². The molecule has 1 saturated heterocycles. The van der Waals surface area contributed by atoms with Gasteiger partial charge in [0.05, 0.1) is 0 Å². The number of hydrogen-bond donors (Lipinski definition) is 1. The monoisotopic (exact) mass is 255 g/mol. The third kappa shape index (κ3) is 5.68. The molecule has 0 bridgehead atoms. The van der Waals surface area contributed by atoms with Crippen LogP contribution in [0, 0.1) is 5.92 Å². The first-order valence-electron chi connectivity index (χ1n) is 7.81. The third-order valence-corrected chi connectivity index (χ3v) is 4.30. The van der Waals surface area contributed by atoms with Crippen molar-refractivity contribution >= 4 is 0 Å². The lowest BCUT2D eigenvalue weighted by Gasteiger charge is -2.29. The summed E-state index contributed by atoms with van der Waals surface area (Å²) in [6.45, 7) is 14.2. The van der Waals surface area contributed by atoms with E-state index in [0.717, 1.165) is 12.5 Å². The standard InChI is InChI=1S/C15H33N3/c1-5-14(3)15(16-6-2)13-17(4)11-12-18-9-7-8-10-18/h14-16H,5-13H2,1-4H3. The highest BCUT2D eigenvalue weighted by Crippen LogP contribution is 2.10. The van der Waals surface area contributed by atoms with Crippen molar-refractivity contribution in [3.63, 3.8) is 0 Å². The van der Waals surface area contributed by atoms with Gasteiger partial charge in [-0.05, 0) is 45.4 Å². The molecule has 0 aromatic carbocycles. The van der Waals surface area contributed by atoms with Gasteiger partial charge < -0.3 is 15.1 Å². The van der Waals surface area contributed by atoms with Crippen molar-refractivity contribution in [2.75, 3.05) is 46.3 Å². The molecule has 0 aliphatic carbocycles. The lowest BCUT2D eigenvalue weighted by atomic mass is 9.98. The lowest BCUT2D eigenvalue weighted by Crippen LogP contribution is -2.45. The summed E-state index contributed by atoms with van der Waals surface area (Å²) in [5.41, 5.74) is 0. The van der Waals surface area contributed by atoms with Crippen LogP contribution in [-0.2, 0) is 0 Å². The summed E-state index contributed by atoms with van der Waals surface area (Å²) >= 11 is 0. The molecule has 18 heavy (non-hydrogen) atoms. The maximum Gasteiger partial charge on any atom is 0.0220 e. The van der Waals surface area contributed by atoms with Crippen LogP contribution in [-0.4, -0.2) is 62.2 Å². The van der Waals surface area contributed by atoms with Crippen LogP contribution in [0.2, 0.25) is 0 Å². The molecule has 1 heterocycles. The Labute approximate surface area is 114 Å². The van der Waals surface area contributed by atoms with E-state index in [4.69, 9.17) is 0 Å². The van der Waals surface area contributed by atoms with Gasteiger partial charge in [-0.25, -0.2) is 0 Å². The second kappa shape index (κ2) is 8.89. The molecule has 1 aliphatic rings. The number of likely N-dealkylation sites (N-methyl/N-ethyl adjacent to an activating group) is 2. The number of nitrogens with one attached hydrogen (secondary N) is 1. The van der Waals surface area contributed by atoms with Crippen molar-refractivity contribution in [2.24, 2.45) is 5.92 Å². The van der Waals surface area contributed by atoms with Gasteiger partial charge in [0, 0.05) is 25.7 Å². The molecule has 3 heteroatoms. The average molecular weight is 255 g/mol. The fourth-order valence-corrected chi connectivity index (χ4v) is 2.74. The van der Waals surface area contributed by atoms with Crippen LogP contribution < -0.4 is 5.32 Å². The van der Waals surface area contributed by atoms with Crippen LogP contribution >= 0.6 is 0 Å². The van der Waals surface area contributed by atoms with E-state index < -0.39 is 0 Å². The Morgan fingerprint density at radius 2 is 1.89 bits per heavy atom. The summed E-state index contributed by atoms with van der Waals surface area (Å²) < 4.78 is 0. The first-order chi connectivity index (χ1) is 8.67. The van der Waals surface area contributed by atoms with E-state index in [1.807, 2.05) is 0 Å². The van der Waals surface area contributed by atoms with Gasteiger partial charge in [0.1, 0.15) is 0 Å². The molecule has 2 atom stereocenters. The Morgan fingerprint density at radius 1 is 1.22 bits per heavy atom. The summed E-state index contributed by atoms with van der Waals surface area (Å²) in [5, 5.41) is 3.64. The molecule has 0 radical (unpaired) electrons. The Kier molecular flexibility index (Phi) is 7.87. The van der Waals surface area contributed by atoms with Crippen LogP contribution in [0.4, 0.5) is 0 Å². The van der Waals surface area contributed by atoms with Crippen LogP contribution in [0.25, 0.3) is 0 Å². The fourth-order valence-electron chi connectivity index (χ4n) is 2.74. The number of hydrogen-bond acceptors (Lipinski definition) is 3. The van der Waals surface area contributed by atoms with Gasteiger partial charge in [-0.1, -0.05) is 27.2 Å². The van der Waals surface area contributed by atoms with Gasteiger partial charge in [-0.15, -0.1) is 0 Å². The smallest absolute Gasteiger partial charge is 0.0220 e. The zero-order chi connectivity index (χ0) is 13.4. The maximum atomic E-state index is 3.64. The van der Waals surface area contributed by atoms with Gasteiger partial charge in [0.15, 0.2) is 0 Å². The molecule has 0 saturated carbocycles. The molecule has 1 N–H and O–H groups in total. The molecule has 1 rings (SSSR count). The Balaban J connectivity index is 2.23. The summed E-state index contributed by atoms with van der Waals surface area (Å²) in [7, 11) is 2.27.